The van der Waals surface area contributed by atoms with Crippen LogP contribution in [0.15, 0.2) is 243 Å². The van der Waals surface area contributed by atoms with Crippen LogP contribution in [-0.4, -0.2) is 35.7 Å². The van der Waals surface area contributed by atoms with Gasteiger partial charge in [-0.3, -0.25) is 0 Å². The Kier molecular flexibility index (Phi) is 21.2. The molecule has 0 aliphatic rings. The minimum absolute atomic E-state index is 0. The maximum Gasteiger partial charge on any atom is 0.174 e. The summed E-state index contributed by atoms with van der Waals surface area (Å²) in [4.78, 5) is 0. The summed E-state index contributed by atoms with van der Waals surface area (Å²) in [5.41, 5.74) is 1.85. The van der Waals surface area contributed by atoms with Crippen LogP contribution in [0.3, 0.4) is 0 Å². The van der Waals surface area contributed by atoms with Gasteiger partial charge in [-0.2, -0.15) is 0 Å². The first-order valence-corrected chi connectivity index (χ1v) is 32.2. The van der Waals surface area contributed by atoms with Crippen LogP contribution in [0.5, 0.6) is 0 Å². The molecule has 0 bridgehead atoms. The molecule has 8 aromatic rings. The molecule has 6 heteroatoms. The number of rotatable bonds is 18. The standard InChI is InChI=1S/C35H43P3.C25H22P2.Mo/c1-29(2)36(30(3)4)26-35(5,27-37(31-18-10-6-11-19-31)32-20-12-7-13-21-32)28-38(33-22-14-8-15-23-33)34-24-16-9-17-25-34;1-5-13-22(14-6-1)26(23-15-7-2-8-16-23)21-27(24-17-9-3-10-18-24)25-19-11-4-12-20-25;/h6-25,29-30H,26-28H2,1-5H3;1-20H,21H2;/p+5. The summed E-state index contributed by atoms with van der Waals surface area (Å²) in [5.74, 6) is 1.25. The van der Waals surface area contributed by atoms with E-state index in [9.17, 15) is 0 Å². The molecule has 0 aliphatic carbocycles. The van der Waals surface area contributed by atoms with Gasteiger partial charge >= 0.3 is 0 Å². The number of hydrogen-bond donors (Lipinski definition) is 0. The monoisotopic (exact) mass is 1040 g/mol. The number of benzene rings is 8. The van der Waals surface area contributed by atoms with Gasteiger partial charge in [-0.25, -0.2) is 0 Å². The predicted octanol–water partition coefficient (Wildman–Crippen LogP) is 12.4. The maximum absolute atomic E-state index is 2.66. The fourth-order valence-corrected chi connectivity index (χ4v) is 27.3. The first-order valence-electron chi connectivity index (χ1n) is 23.5. The van der Waals surface area contributed by atoms with Gasteiger partial charge < -0.3 is 0 Å². The Labute approximate surface area is 418 Å². The molecule has 336 valence electrons. The average Bonchev–Trinajstić information content (AvgIpc) is 3.37. The molecule has 0 saturated carbocycles. The Morgan fingerprint density at radius 3 is 0.652 bits per heavy atom. The van der Waals surface area contributed by atoms with E-state index < -0.39 is 39.6 Å². The Bertz CT molecular complexity index is 2180. The molecule has 0 aliphatic heterocycles. The van der Waals surface area contributed by atoms with Crippen LogP contribution >= 0.6 is 39.6 Å². The molecule has 0 spiro atoms. The van der Waals surface area contributed by atoms with E-state index in [2.05, 4.69) is 277 Å². The fraction of sp³-hybridized carbons (Fsp3) is 0.200. The zero-order valence-corrected chi connectivity index (χ0v) is 46.5. The van der Waals surface area contributed by atoms with Gasteiger partial charge in [0.1, 0.15) is 37.1 Å². The normalized spacial score (nSPS) is 11.6. The average molecular weight is 1040 g/mol. The van der Waals surface area contributed by atoms with Crippen molar-refractivity contribution in [2.75, 3.05) is 24.4 Å². The Morgan fingerprint density at radius 2 is 0.470 bits per heavy atom. The summed E-state index contributed by atoms with van der Waals surface area (Å²) in [7, 11) is -4.07. The van der Waals surface area contributed by atoms with Gasteiger partial charge in [-0.05, 0) is 132 Å². The van der Waals surface area contributed by atoms with E-state index in [0.29, 0.717) is 0 Å². The smallest absolute Gasteiger partial charge is 0.0620 e. The molecule has 8 aromatic carbocycles. The van der Waals surface area contributed by atoms with Crippen molar-refractivity contribution in [3.63, 3.8) is 0 Å². The van der Waals surface area contributed by atoms with Crippen LogP contribution in [0.2, 0.25) is 0 Å². The Hall–Kier alpha value is -3.40. The first-order chi connectivity index (χ1) is 31.8. The molecular weight excluding hydrogens is 971 g/mol. The van der Waals surface area contributed by atoms with Crippen molar-refractivity contribution in [3.8, 4) is 0 Å². The SMILES string of the molecule is CC(C)[PH+](CC(C)(C[PH+](c1ccccc1)c1ccccc1)C[PH+](c1ccccc1)c1ccccc1)C(C)C.[Mo].c1ccc([PH+](C[PH+](c2ccccc2)c2ccccc2)c2ccccc2)cc1. The van der Waals surface area contributed by atoms with E-state index >= 15 is 0 Å². The van der Waals surface area contributed by atoms with Gasteiger partial charge in [0.05, 0.1) is 72.3 Å². The van der Waals surface area contributed by atoms with Crippen LogP contribution in [0.25, 0.3) is 0 Å². The van der Waals surface area contributed by atoms with Crippen LogP contribution < -0.4 is 42.4 Å². The van der Waals surface area contributed by atoms with Gasteiger partial charge in [0.25, 0.3) is 0 Å². The molecule has 0 nitrogen and oxygen atoms in total. The van der Waals surface area contributed by atoms with Crippen molar-refractivity contribution in [1.29, 1.82) is 0 Å². The minimum atomic E-state index is -0.927. The summed E-state index contributed by atoms with van der Waals surface area (Å²) < 4.78 is 0. The van der Waals surface area contributed by atoms with Gasteiger partial charge in [0.15, 0.2) is 5.90 Å². The van der Waals surface area contributed by atoms with E-state index in [0.717, 1.165) is 11.3 Å². The molecule has 0 radical (unpaired) electrons. The van der Waals surface area contributed by atoms with Gasteiger partial charge in [0, 0.05) is 29.0 Å². The second-order valence-electron chi connectivity index (χ2n) is 18.2. The number of hydrogen-bond acceptors (Lipinski definition) is 0. The molecule has 8 rings (SSSR count). The molecule has 0 aromatic heterocycles. The van der Waals surface area contributed by atoms with Crippen LogP contribution in [-0.2, 0) is 21.1 Å². The van der Waals surface area contributed by atoms with E-state index in [-0.39, 0.29) is 26.5 Å². The summed E-state index contributed by atoms with van der Waals surface area (Å²) in [6.07, 6.45) is 3.95. The molecule has 0 fully saturated rings. The van der Waals surface area contributed by atoms with Crippen LogP contribution in [0.1, 0.15) is 34.6 Å². The maximum atomic E-state index is 2.66. The topological polar surface area (TPSA) is 0 Å². The summed E-state index contributed by atoms with van der Waals surface area (Å²) in [6, 6.07) is 90.1. The molecular formula is C60H70MoP5+5. The van der Waals surface area contributed by atoms with Crippen molar-refractivity contribution < 1.29 is 21.1 Å². The van der Waals surface area contributed by atoms with Gasteiger partial charge in [-0.15, -0.1) is 0 Å². The van der Waals surface area contributed by atoms with Gasteiger partial charge in [0.2, 0.25) is 0 Å². The largest absolute Gasteiger partial charge is 0.174 e. The van der Waals surface area contributed by atoms with Crippen molar-refractivity contribution in [2.24, 2.45) is 5.41 Å². The molecule has 0 unspecified atom stereocenters. The van der Waals surface area contributed by atoms with E-state index in [1.807, 2.05) is 0 Å². The van der Waals surface area contributed by atoms with Gasteiger partial charge in [-0.1, -0.05) is 146 Å². The van der Waals surface area contributed by atoms with Crippen molar-refractivity contribution in [3.05, 3.63) is 243 Å². The molecule has 0 amide bonds. The first kappa shape index (κ1) is 52.0. The third-order valence-electron chi connectivity index (χ3n) is 12.7. The Balaban J connectivity index is 0.000000227. The molecule has 0 atom stereocenters. The quantitative estimate of drug-likeness (QED) is 0.0593. The zero-order chi connectivity index (χ0) is 45.3. The zero-order valence-electron chi connectivity index (χ0n) is 39.5. The Morgan fingerprint density at radius 1 is 0.288 bits per heavy atom. The second kappa shape index (κ2) is 27.0. The minimum Gasteiger partial charge on any atom is -0.0620 e. The third-order valence-corrected chi connectivity index (χ3v) is 30.4. The van der Waals surface area contributed by atoms with Crippen molar-refractivity contribution in [2.45, 2.75) is 45.9 Å². The fourth-order valence-electron chi connectivity index (χ4n) is 9.38. The summed E-state index contributed by atoms with van der Waals surface area (Å²) in [5, 5.41) is 12.2. The van der Waals surface area contributed by atoms with Crippen molar-refractivity contribution in [1.82, 2.24) is 0 Å². The predicted molar refractivity (Wildman–Crippen MR) is 308 cm³/mol. The second-order valence-corrected chi connectivity index (χ2v) is 32.6. The van der Waals surface area contributed by atoms with E-state index in [4.69, 9.17) is 0 Å². The van der Waals surface area contributed by atoms with Crippen molar-refractivity contribution >= 4 is 82.0 Å². The van der Waals surface area contributed by atoms with Crippen LogP contribution in [0, 0.1) is 5.41 Å². The molecule has 0 N–H and O–H groups in total. The summed E-state index contributed by atoms with van der Waals surface area (Å²) >= 11 is 0. The molecule has 66 heavy (non-hydrogen) atoms. The van der Waals surface area contributed by atoms with E-state index in [1.165, 1.54) is 45.6 Å². The third kappa shape index (κ3) is 15.0. The van der Waals surface area contributed by atoms with Crippen LogP contribution in [0.4, 0.5) is 0 Å². The molecule has 0 saturated heterocycles. The summed E-state index contributed by atoms with van der Waals surface area (Å²) in [6.45, 7) is 12.6. The molecule has 0 heterocycles. The van der Waals surface area contributed by atoms with E-state index in [1.54, 1.807) is 21.2 Å².